The molecule has 0 spiro atoms. The minimum Gasteiger partial charge on any atom is -0.490 e. The van der Waals surface area contributed by atoms with Crippen molar-refractivity contribution >= 4 is 5.69 Å². The van der Waals surface area contributed by atoms with Gasteiger partial charge in [0, 0.05) is 56.6 Å². The van der Waals surface area contributed by atoms with E-state index in [1.807, 2.05) is 4.90 Å². The lowest BCUT2D eigenvalue weighted by Gasteiger charge is -2.46. The fourth-order valence-electron chi connectivity index (χ4n) is 4.65. The zero-order valence-corrected chi connectivity index (χ0v) is 18.3. The van der Waals surface area contributed by atoms with E-state index in [2.05, 4.69) is 4.90 Å². The second-order valence-electron chi connectivity index (χ2n) is 9.20. The molecule has 6 nitrogen and oxygen atoms in total. The molecule has 0 aromatic heterocycles. The van der Waals surface area contributed by atoms with Gasteiger partial charge >= 0.3 is 0 Å². The number of aliphatic hydroxyl groups is 3. The summed E-state index contributed by atoms with van der Waals surface area (Å²) in [5.41, 5.74) is -1.71. The number of hydrogen-bond donors (Lipinski definition) is 3. The zero-order valence-electron chi connectivity index (χ0n) is 18.3. The smallest absolute Gasteiger partial charge is 0.137 e. The van der Waals surface area contributed by atoms with Crippen molar-refractivity contribution in [2.45, 2.75) is 36.6 Å². The second-order valence-corrected chi connectivity index (χ2v) is 9.20. The molecule has 3 N–H and O–H groups in total. The SMILES string of the molecule is O[C@H]1CCN(CC2(O)CCN(c3ccc(F)cc3)CC2)C[C@]1(O)COc1cc(F)cc(F)c1. The molecule has 9 heteroatoms. The Balaban J connectivity index is 1.34. The van der Waals surface area contributed by atoms with E-state index >= 15 is 0 Å². The molecule has 0 unspecified atom stereocenters. The van der Waals surface area contributed by atoms with Gasteiger partial charge in [0.05, 0.1) is 11.7 Å². The summed E-state index contributed by atoms with van der Waals surface area (Å²) in [7, 11) is 0. The maximum absolute atomic E-state index is 13.4. The summed E-state index contributed by atoms with van der Waals surface area (Å²) in [6.07, 6.45) is 0.207. The van der Waals surface area contributed by atoms with Gasteiger partial charge in [-0.3, -0.25) is 4.90 Å². The number of piperidine rings is 2. The molecule has 2 aliphatic rings. The summed E-state index contributed by atoms with van der Waals surface area (Å²) in [5, 5.41) is 32.5. The molecule has 33 heavy (non-hydrogen) atoms. The second kappa shape index (κ2) is 9.50. The molecule has 0 aliphatic carbocycles. The Morgan fingerprint density at radius 3 is 2.18 bits per heavy atom. The van der Waals surface area contributed by atoms with E-state index in [0.717, 1.165) is 23.9 Å². The van der Waals surface area contributed by atoms with E-state index in [1.165, 1.54) is 12.1 Å². The van der Waals surface area contributed by atoms with Crippen LogP contribution in [0.3, 0.4) is 0 Å². The highest BCUT2D eigenvalue weighted by molar-refractivity contribution is 5.46. The molecule has 2 atom stereocenters. The number of anilines is 1. The Labute approximate surface area is 190 Å². The Morgan fingerprint density at radius 1 is 0.909 bits per heavy atom. The highest BCUT2D eigenvalue weighted by Crippen LogP contribution is 2.30. The first-order valence-corrected chi connectivity index (χ1v) is 11.1. The third-order valence-electron chi connectivity index (χ3n) is 6.57. The fraction of sp³-hybridized carbons (Fsp3) is 0.500. The van der Waals surface area contributed by atoms with E-state index in [1.54, 1.807) is 12.1 Å². The van der Waals surface area contributed by atoms with Crippen LogP contribution in [0.2, 0.25) is 0 Å². The first-order chi connectivity index (χ1) is 15.6. The number of nitrogens with zero attached hydrogens (tertiary/aromatic N) is 2. The van der Waals surface area contributed by atoms with Gasteiger partial charge in [0.25, 0.3) is 0 Å². The Morgan fingerprint density at radius 2 is 1.55 bits per heavy atom. The standard InChI is InChI=1S/C24H29F3N2O4/c25-17-1-3-20(4-2-17)29-9-6-23(31,7-10-29)14-28-8-5-22(30)24(32,15-28)16-33-21-12-18(26)11-19(27)13-21/h1-4,11-13,22,30-32H,5-10,14-16H2/t22-,24-/m0/s1. The lowest BCUT2D eigenvalue weighted by molar-refractivity contribution is -0.149. The summed E-state index contributed by atoms with van der Waals surface area (Å²) in [5.74, 6) is -1.95. The molecule has 0 bridgehead atoms. The topological polar surface area (TPSA) is 76.4 Å². The van der Waals surface area contributed by atoms with Crippen molar-refractivity contribution in [2.24, 2.45) is 0 Å². The van der Waals surface area contributed by atoms with Crippen LogP contribution >= 0.6 is 0 Å². The van der Waals surface area contributed by atoms with Crippen molar-refractivity contribution in [1.29, 1.82) is 0 Å². The Hall–Kier alpha value is -2.33. The lowest BCUT2D eigenvalue weighted by Crippen LogP contribution is -2.62. The maximum atomic E-state index is 13.4. The number of benzene rings is 2. The largest absolute Gasteiger partial charge is 0.490 e. The summed E-state index contributed by atoms with van der Waals surface area (Å²) in [6, 6.07) is 9.01. The van der Waals surface area contributed by atoms with Gasteiger partial charge in [0.1, 0.15) is 35.4 Å². The molecule has 2 heterocycles. The quantitative estimate of drug-likeness (QED) is 0.607. The van der Waals surface area contributed by atoms with Crippen molar-refractivity contribution in [3.8, 4) is 5.75 Å². The predicted octanol–water partition coefficient (Wildman–Crippen LogP) is 2.31. The van der Waals surface area contributed by atoms with Crippen LogP contribution in [-0.4, -0.2) is 76.9 Å². The van der Waals surface area contributed by atoms with Crippen LogP contribution in [-0.2, 0) is 0 Å². The fourth-order valence-corrected chi connectivity index (χ4v) is 4.65. The molecular formula is C24H29F3N2O4. The summed E-state index contributed by atoms with van der Waals surface area (Å²) in [4.78, 5) is 3.98. The van der Waals surface area contributed by atoms with E-state index in [4.69, 9.17) is 4.74 Å². The summed E-state index contributed by atoms with van der Waals surface area (Å²) >= 11 is 0. The van der Waals surface area contributed by atoms with Crippen LogP contribution in [0.5, 0.6) is 5.75 Å². The van der Waals surface area contributed by atoms with Gasteiger partial charge in [-0.15, -0.1) is 0 Å². The molecular weight excluding hydrogens is 437 g/mol. The number of likely N-dealkylation sites (tertiary alicyclic amines) is 1. The molecule has 2 fully saturated rings. The molecule has 0 saturated carbocycles. The monoisotopic (exact) mass is 466 g/mol. The lowest BCUT2D eigenvalue weighted by atomic mass is 9.86. The van der Waals surface area contributed by atoms with Gasteiger partial charge in [0.15, 0.2) is 0 Å². The van der Waals surface area contributed by atoms with Gasteiger partial charge in [-0.1, -0.05) is 0 Å². The van der Waals surface area contributed by atoms with Gasteiger partial charge in [-0.25, -0.2) is 13.2 Å². The zero-order chi connectivity index (χ0) is 23.6. The highest BCUT2D eigenvalue weighted by Gasteiger charge is 2.44. The Kier molecular flexibility index (Phi) is 6.86. The van der Waals surface area contributed by atoms with Crippen molar-refractivity contribution < 1.29 is 33.2 Å². The van der Waals surface area contributed by atoms with Gasteiger partial charge in [0.2, 0.25) is 0 Å². The average Bonchev–Trinajstić information content (AvgIpc) is 2.76. The van der Waals surface area contributed by atoms with Gasteiger partial charge in [-0.05, 0) is 43.5 Å². The van der Waals surface area contributed by atoms with Crippen molar-refractivity contribution in [1.82, 2.24) is 4.90 Å². The molecule has 4 rings (SSSR count). The highest BCUT2D eigenvalue weighted by atomic mass is 19.1. The Bertz CT molecular complexity index is 933. The molecule has 2 aromatic rings. The van der Waals surface area contributed by atoms with Crippen LogP contribution in [0.4, 0.5) is 18.9 Å². The van der Waals surface area contributed by atoms with E-state index < -0.39 is 28.9 Å². The number of rotatable bonds is 6. The maximum Gasteiger partial charge on any atom is 0.137 e. The number of β-amino-alcohol motifs (C(OH)–C–C–N with tert-alkyl or cyclic N) is 2. The van der Waals surface area contributed by atoms with Crippen molar-refractivity contribution in [3.05, 3.63) is 59.9 Å². The van der Waals surface area contributed by atoms with Gasteiger partial charge in [-0.2, -0.15) is 0 Å². The first kappa shape index (κ1) is 23.8. The van der Waals surface area contributed by atoms with Crippen LogP contribution in [0.25, 0.3) is 0 Å². The third-order valence-corrected chi connectivity index (χ3v) is 6.57. The molecule has 2 aliphatic heterocycles. The van der Waals surface area contributed by atoms with Crippen LogP contribution in [0.15, 0.2) is 42.5 Å². The molecule has 0 amide bonds. The molecule has 180 valence electrons. The predicted molar refractivity (Wildman–Crippen MR) is 117 cm³/mol. The molecule has 2 saturated heterocycles. The number of ether oxygens (including phenoxy) is 1. The normalized spacial score (nSPS) is 25.8. The average molecular weight is 467 g/mol. The summed E-state index contributed by atoms with van der Waals surface area (Å²) < 4.78 is 45.4. The summed E-state index contributed by atoms with van der Waals surface area (Å²) in [6.45, 7) is 1.73. The minimum atomic E-state index is -1.65. The van der Waals surface area contributed by atoms with Crippen molar-refractivity contribution in [2.75, 3.05) is 44.2 Å². The van der Waals surface area contributed by atoms with E-state index in [0.29, 0.717) is 39.0 Å². The van der Waals surface area contributed by atoms with Crippen LogP contribution in [0, 0.1) is 17.5 Å². The molecule has 2 aromatic carbocycles. The van der Waals surface area contributed by atoms with Crippen molar-refractivity contribution in [3.63, 3.8) is 0 Å². The van der Waals surface area contributed by atoms with E-state index in [9.17, 15) is 28.5 Å². The van der Waals surface area contributed by atoms with Crippen LogP contribution in [0.1, 0.15) is 19.3 Å². The number of halogens is 3. The number of aliphatic hydroxyl groups excluding tert-OH is 1. The van der Waals surface area contributed by atoms with Gasteiger partial charge < -0.3 is 25.0 Å². The van der Waals surface area contributed by atoms with E-state index in [-0.39, 0.29) is 31.1 Å². The minimum absolute atomic E-state index is 0.0515. The number of hydrogen-bond acceptors (Lipinski definition) is 6. The third kappa shape index (κ3) is 5.78. The van der Waals surface area contributed by atoms with Crippen LogP contribution < -0.4 is 9.64 Å². The molecule has 0 radical (unpaired) electrons. The first-order valence-electron chi connectivity index (χ1n) is 11.1.